The first-order chi connectivity index (χ1) is 8.81. The van der Waals surface area contributed by atoms with Crippen LogP contribution >= 0.6 is 22.6 Å². The molecule has 4 nitrogen and oxygen atoms in total. The van der Waals surface area contributed by atoms with E-state index in [2.05, 4.69) is 32.6 Å². The van der Waals surface area contributed by atoms with E-state index in [0.717, 1.165) is 18.8 Å². The van der Waals surface area contributed by atoms with Gasteiger partial charge in [0, 0.05) is 24.8 Å². The fraction of sp³-hybridized carbons (Fsp3) is 0.571. The first kappa shape index (κ1) is 16.2. The van der Waals surface area contributed by atoms with Crippen LogP contribution in [0.5, 0.6) is 0 Å². The third kappa shape index (κ3) is 4.97. The van der Waals surface area contributed by atoms with Gasteiger partial charge in [-0.1, -0.05) is 27.7 Å². The van der Waals surface area contributed by atoms with Crippen LogP contribution in [0.25, 0.3) is 0 Å². The summed E-state index contributed by atoms with van der Waals surface area (Å²) in [6, 6.07) is 5.36. The molecule has 106 valence electrons. The van der Waals surface area contributed by atoms with Gasteiger partial charge < -0.3 is 4.90 Å². The number of benzene rings is 1. The summed E-state index contributed by atoms with van der Waals surface area (Å²) in [5.41, 5.74) is 1.25. The molecule has 1 rings (SSSR count). The Morgan fingerprint density at radius 2 is 1.74 bits per heavy atom. The van der Waals surface area contributed by atoms with Crippen molar-refractivity contribution in [3.63, 3.8) is 0 Å². The Morgan fingerprint density at radius 1 is 1.21 bits per heavy atom. The molecule has 0 heterocycles. The predicted octanol–water partition coefficient (Wildman–Crippen LogP) is 4.32. The van der Waals surface area contributed by atoms with Crippen LogP contribution in [0.1, 0.15) is 27.7 Å². The van der Waals surface area contributed by atoms with E-state index in [1.807, 2.05) is 34.7 Å². The summed E-state index contributed by atoms with van der Waals surface area (Å²) in [6.45, 7) is 10.7. The SMILES string of the molecule is CC(C)CN(CC(C)C)c1ccc([N+](=O)[O-])c(I)c1. The van der Waals surface area contributed by atoms with Crippen LogP contribution < -0.4 is 4.90 Å². The molecule has 0 spiro atoms. The maximum absolute atomic E-state index is 10.8. The van der Waals surface area contributed by atoms with E-state index in [1.165, 1.54) is 0 Å². The van der Waals surface area contributed by atoms with Gasteiger partial charge in [-0.15, -0.1) is 0 Å². The summed E-state index contributed by atoms with van der Waals surface area (Å²) in [6.07, 6.45) is 0. The second-order valence-corrected chi connectivity index (χ2v) is 6.75. The second kappa shape index (κ2) is 7.07. The highest BCUT2D eigenvalue weighted by atomic mass is 127. The molecular formula is C14H21IN2O2. The lowest BCUT2D eigenvalue weighted by Gasteiger charge is -2.28. The van der Waals surface area contributed by atoms with Gasteiger partial charge in [-0.2, -0.15) is 0 Å². The second-order valence-electron chi connectivity index (χ2n) is 5.59. The maximum atomic E-state index is 10.8. The van der Waals surface area contributed by atoms with Gasteiger partial charge in [0.2, 0.25) is 0 Å². The number of anilines is 1. The third-order valence-electron chi connectivity index (χ3n) is 2.66. The molecule has 0 unspecified atom stereocenters. The fourth-order valence-electron chi connectivity index (χ4n) is 2.01. The Kier molecular flexibility index (Phi) is 6.03. The number of nitro benzene ring substituents is 1. The first-order valence-electron chi connectivity index (χ1n) is 6.50. The Bertz CT molecular complexity index is 437. The minimum atomic E-state index is -0.333. The average Bonchev–Trinajstić information content (AvgIpc) is 2.26. The molecule has 0 aliphatic carbocycles. The average molecular weight is 376 g/mol. The highest BCUT2D eigenvalue weighted by molar-refractivity contribution is 14.1. The molecule has 0 saturated carbocycles. The highest BCUT2D eigenvalue weighted by Gasteiger charge is 2.16. The Morgan fingerprint density at radius 3 is 2.11 bits per heavy atom. The van der Waals surface area contributed by atoms with Crippen LogP contribution in [0.3, 0.4) is 0 Å². The molecule has 0 saturated heterocycles. The van der Waals surface area contributed by atoms with Gasteiger partial charge in [-0.05, 0) is 46.6 Å². The van der Waals surface area contributed by atoms with E-state index >= 15 is 0 Å². The lowest BCUT2D eigenvalue weighted by atomic mass is 10.1. The van der Waals surface area contributed by atoms with Crippen molar-refractivity contribution in [2.45, 2.75) is 27.7 Å². The summed E-state index contributed by atoms with van der Waals surface area (Å²) in [7, 11) is 0. The molecule has 5 heteroatoms. The number of nitrogens with zero attached hydrogens (tertiary/aromatic N) is 2. The van der Waals surface area contributed by atoms with Crippen molar-refractivity contribution in [3.8, 4) is 0 Å². The summed E-state index contributed by atoms with van der Waals surface area (Å²) in [5, 5.41) is 10.8. The van der Waals surface area contributed by atoms with Crippen LogP contribution in [-0.4, -0.2) is 18.0 Å². The number of hydrogen-bond acceptors (Lipinski definition) is 3. The third-order valence-corrected chi connectivity index (χ3v) is 3.53. The fourth-order valence-corrected chi connectivity index (χ4v) is 2.70. The maximum Gasteiger partial charge on any atom is 0.282 e. The van der Waals surface area contributed by atoms with E-state index in [1.54, 1.807) is 6.07 Å². The quantitative estimate of drug-likeness (QED) is 0.422. The predicted molar refractivity (Wildman–Crippen MR) is 87.7 cm³/mol. The monoisotopic (exact) mass is 376 g/mol. The number of halogens is 1. The van der Waals surface area contributed by atoms with Crippen molar-refractivity contribution in [3.05, 3.63) is 31.9 Å². The smallest absolute Gasteiger partial charge is 0.282 e. The Hall–Kier alpha value is -0.850. The lowest BCUT2D eigenvalue weighted by Crippen LogP contribution is -2.31. The van der Waals surface area contributed by atoms with E-state index in [9.17, 15) is 10.1 Å². The minimum absolute atomic E-state index is 0.179. The summed E-state index contributed by atoms with van der Waals surface area (Å²) in [5.74, 6) is 1.12. The Balaban J connectivity index is 3.02. The van der Waals surface area contributed by atoms with Crippen molar-refractivity contribution >= 4 is 34.0 Å². The molecule has 1 aromatic carbocycles. The van der Waals surface area contributed by atoms with Crippen molar-refractivity contribution in [2.75, 3.05) is 18.0 Å². The van der Waals surface area contributed by atoms with Crippen molar-refractivity contribution in [1.82, 2.24) is 0 Å². The van der Waals surface area contributed by atoms with Crippen molar-refractivity contribution in [2.24, 2.45) is 11.8 Å². The number of hydrogen-bond donors (Lipinski definition) is 0. The normalized spacial score (nSPS) is 11.1. The summed E-state index contributed by atoms with van der Waals surface area (Å²) >= 11 is 2.03. The van der Waals surface area contributed by atoms with Gasteiger partial charge in [-0.3, -0.25) is 10.1 Å². The van der Waals surface area contributed by atoms with Crippen molar-refractivity contribution < 1.29 is 4.92 Å². The van der Waals surface area contributed by atoms with Gasteiger partial charge in [0.05, 0.1) is 8.49 Å². The van der Waals surface area contributed by atoms with E-state index < -0.39 is 0 Å². The Labute approximate surface area is 128 Å². The number of rotatable bonds is 6. The van der Waals surface area contributed by atoms with Crippen LogP contribution in [0.2, 0.25) is 0 Å². The largest absolute Gasteiger partial charge is 0.371 e. The van der Waals surface area contributed by atoms with Gasteiger partial charge in [-0.25, -0.2) is 0 Å². The zero-order chi connectivity index (χ0) is 14.6. The van der Waals surface area contributed by atoms with Crippen LogP contribution in [0.4, 0.5) is 11.4 Å². The molecule has 1 aromatic rings. The molecule has 0 amide bonds. The van der Waals surface area contributed by atoms with Gasteiger partial charge in [0.15, 0.2) is 0 Å². The minimum Gasteiger partial charge on any atom is -0.371 e. The van der Waals surface area contributed by atoms with Crippen LogP contribution in [0.15, 0.2) is 18.2 Å². The topological polar surface area (TPSA) is 46.4 Å². The summed E-state index contributed by atoms with van der Waals surface area (Å²) < 4.78 is 0.692. The molecule has 0 N–H and O–H groups in total. The van der Waals surface area contributed by atoms with Crippen LogP contribution in [-0.2, 0) is 0 Å². The molecule has 0 aliphatic heterocycles. The standard InChI is InChI=1S/C14H21IN2O2/c1-10(2)8-16(9-11(3)4)12-5-6-14(17(18)19)13(15)7-12/h5-7,10-11H,8-9H2,1-4H3. The zero-order valence-electron chi connectivity index (χ0n) is 11.9. The first-order valence-corrected chi connectivity index (χ1v) is 7.58. The molecule has 0 fully saturated rings. The van der Waals surface area contributed by atoms with Gasteiger partial charge in [0.1, 0.15) is 0 Å². The molecule has 0 aromatic heterocycles. The lowest BCUT2D eigenvalue weighted by molar-refractivity contribution is -0.385. The highest BCUT2D eigenvalue weighted by Crippen LogP contribution is 2.27. The summed E-state index contributed by atoms with van der Waals surface area (Å²) in [4.78, 5) is 12.8. The zero-order valence-corrected chi connectivity index (χ0v) is 14.0. The van der Waals surface area contributed by atoms with Crippen LogP contribution in [0, 0.1) is 25.5 Å². The van der Waals surface area contributed by atoms with E-state index in [4.69, 9.17) is 0 Å². The molecule has 19 heavy (non-hydrogen) atoms. The van der Waals surface area contributed by atoms with E-state index in [-0.39, 0.29) is 10.6 Å². The van der Waals surface area contributed by atoms with Crippen molar-refractivity contribution in [1.29, 1.82) is 0 Å². The molecular weight excluding hydrogens is 355 g/mol. The molecule has 0 aliphatic rings. The number of nitro groups is 1. The van der Waals surface area contributed by atoms with Gasteiger partial charge >= 0.3 is 0 Å². The molecule has 0 bridgehead atoms. The molecule has 0 atom stereocenters. The molecule has 0 radical (unpaired) electrons. The van der Waals surface area contributed by atoms with E-state index in [0.29, 0.717) is 15.4 Å². The van der Waals surface area contributed by atoms with Gasteiger partial charge in [0.25, 0.3) is 5.69 Å².